The summed E-state index contributed by atoms with van der Waals surface area (Å²) in [5, 5.41) is 20.0. The fourth-order valence-corrected chi connectivity index (χ4v) is 7.46. The van der Waals surface area contributed by atoms with E-state index < -0.39 is 5.97 Å². The highest BCUT2D eigenvalue weighted by atomic mass is 16.4. The average Bonchev–Trinajstić information content (AvgIpc) is 3.43. The van der Waals surface area contributed by atoms with Crippen LogP contribution in [0.2, 0.25) is 0 Å². The maximum atomic E-state index is 12.1. The minimum atomic E-state index is -0.691. The van der Waals surface area contributed by atoms with Crippen molar-refractivity contribution < 1.29 is 15.0 Å². The van der Waals surface area contributed by atoms with Crippen LogP contribution in [-0.2, 0) is 23.1 Å². The second-order valence-corrected chi connectivity index (χ2v) is 12.2. The molecule has 0 spiro atoms. The van der Waals surface area contributed by atoms with Crippen molar-refractivity contribution in [1.29, 1.82) is 0 Å². The van der Waals surface area contributed by atoms with E-state index in [0.29, 0.717) is 24.5 Å². The fourth-order valence-electron chi connectivity index (χ4n) is 7.46. The number of unbranched alkanes of at least 4 members (excludes halogenated alkanes) is 3. The first-order valence-corrected chi connectivity index (χ1v) is 15.0. The Morgan fingerprint density at radius 1 is 0.947 bits per heavy atom. The number of fused-ring (bicyclic) bond motifs is 5. The smallest absolute Gasteiger partial charge is 0.307 e. The van der Waals surface area contributed by atoms with E-state index in [4.69, 9.17) is 0 Å². The van der Waals surface area contributed by atoms with Crippen molar-refractivity contribution in [2.45, 2.75) is 95.3 Å². The van der Waals surface area contributed by atoms with Crippen LogP contribution in [0.1, 0.15) is 93.7 Å². The summed E-state index contributed by atoms with van der Waals surface area (Å²) in [6.07, 6.45) is 22.7. The van der Waals surface area contributed by atoms with Gasteiger partial charge in [-0.05, 0) is 105 Å². The second-order valence-electron chi connectivity index (χ2n) is 12.2. The van der Waals surface area contributed by atoms with Crippen LogP contribution in [0.4, 0.5) is 0 Å². The predicted molar refractivity (Wildman–Crippen MR) is 154 cm³/mol. The minimum absolute atomic E-state index is 0.0315. The van der Waals surface area contributed by atoms with Gasteiger partial charge in [-0.3, -0.25) is 4.79 Å². The fraction of sp³-hybridized carbons (Fsp3) is 0.514. The first-order chi connectivity index (χ1) is 18.5. The van der Waals surface area contributed by atoms with Crippen molar-refractivity contribution in [2.24, 2.45) is 17.8 Å². The SMILES string of the molecule is O=C(O)[C@@H]1C/C=C2/CC[C@@](c3ccc(O)cc3)(Cc3cccc(c3)C1)[C@H](CCCCCC[C@@H]1C=CCC1)C2. The van der Waals surface area contributed by atoms with Crippen LogP contribution in [0.5, 0.6) is 5.75 Å². The lowest BCUT2D eigenvalue weighted by Gasteiger charge is -2.47. The Labute approximate surface area is 228 Å². The highest BCUT2D eigenvalue weighted by Gasteiger charge is 2.43. The van der Waals surface area contributed by atoms with Gasteiger partial charge in [-0.15, -0.1) is 0 Å². The van der Waals surface area contributed by atoms with Crippen LogP contribution >= 0.6 is 0 Å². The number of carboxylic acid groups (broad SMARTS) is 1. The van der Waals surface area contributed by atoms with Crippen molar-refractivity contribution in [3.05, 3.63) is 89.0 Å². The van der Waals surface area contributed by atoms with Crippen LogP contribution in [0.3, 0.4) is 0 Å². The Bertz CT molecular complexity index is 1140. The quantitative estimate of drug-likeness (QED) is 0.261. The van der Waals surface area contributed by atoms with Gasteiger partial charge in [0.25, 0.3) is 0 Å². The molecule has 4 aliphatic rings. The number of phenols is 1. The van der Waals surface area contributed by atoms with E-state index >= 15 is 0 Å². The summed E-state index contributed by atoms with van der Waals surface area (Å²) < 4.78 is 0. The van der Waals surface area contributed by atoms with Gasteiger partial charge >= 0.3 is 5.97 Å². The van der Waals surface area contributed by atoms with Gasteiger partial charge in [-0.2, -0.15) is 0 Å². The van der Waals surface area contributed by atoms with Crippen molar-refractivity contribution in [1.82, 2.24) is 0 Å². The maximum Gasteiger partial charge on any atom is 0.307 e. The number of hydrogen-bond acceptors (Lipinski definition) is 2. The molecule has 1 saturated carbocycles. The molecule has 0 aromatic heterocycles. The number of carbonyl (C=O) groups is 1. The van der Waals surface area contributed by atoms with E-state index in [9.17, 15) is 15.0 Å². The lowest BCUT2D eigenvalue weighted by atomic mass is 9.57. The van der Waals surface area contributed by atoms with Gasteiger partial charge in [0, 0.05) is 5.41 Å². The molecule has 0 aliphatic heterocycles. The molecule has 202 valence electrons. The maximum absolute atomic E-state index is 12.1. The summed E-state index contributed by atoms with van der Waals surface area (Å²) in [7, 11) is 0. The van der Waals surface area contributed by atoms with Gasteiger partial charge in [0.2, 0.25) is 0 Å². The van der Waals surface area contributed by atoms with Crippen molar-refractivity contribution >= 4 is 5.97 Å². The summed E-state index contributed by atoms with van der Waals surface area (Å²) in [5.74, 6) is 0.589. The molecule has 2 aromatic carbocycles. The summed E-state index contributed by atoms with van der Waals surface area (Å²) in [6, 6.07) is 16.7. The molecular formula is C35H44O3. The molecule has 3 heteroatoms. The monoisotopic (exact) mass is 512 g/mol. The summed E-state index contributed by atoms with van der Waals surface area (Å²) in [4.78, 5) is 12.1. The molecule has 2 aromatic rings. The average molecular weight is 513 g/mol. The van der Waals surface area contributed by atoms with Crippen LogP contribution in [0.25, 0.3) is 0 Å². The topological polar surface area (TPSA) is 57.5 Å². The summed E-state index contributed by atoms with van der Waals surface area (Å²) >= 11 is 0. The Kier molecular flexibility index (Phi) is 8.72. The standard InChI is InChI=1S/C35H44O3/c36-33-18-16-31(17-19-33)35-21-20-27(24-32(35)13-4-2-1-3-8-26-9-5-6-10-26)14-15-30(34(37)38)23-28-11-7-12-29(22-28)25-35/h5,7,9,11-12,14,16-19,22,26,30,32,36H,1-4,6,8,10,13,15,20-21,23-25H2,(H,37,38)/b27-14-/t26-,30-,32-,35+/m1/s1. The van der Waals surface area contributed by atoms with Crippen LogP contribution < -0.4 is 0 Å². The highest BCUT2D eigenvalue weighted by molar-refractivity contribution is 5.70. The van der Waals surface area contributed by atoms with Crippen molar-refractivity contribution in [2.75, 3.05) is 0 Å². The first-order valence-electron chi connectivity index (χ1n) is 15.0. The second kappa shape index (κ2) is 12.4. The van der Waals surface area contributed by atoms with E-state index in [1.807, 2.05) is 12.1 Å². The molecule has 3 nitrogen and oxygen atoms in total. The van der Waals surface area contributed by atoms with Gasteiger partial charge in [0.15, 0.2) is 0 Å². The van der Waals surface area contributed by atoms with Crippen LogP contribution in [-0.4, -0.2) is 16.2 Å². The zero-order valence-electron chi connectivity index (χ0n) is 22.8. The molecule has 38 heavy (non-hydrogen) atoms. The minimum Gasteiger partial charge on any atom is -0.508 e. The lowest BCUT2D eigenvalue weighted by Crippen LogP contribution is -2.41. The molecule has 0 heterocycles. The molecule has 1 fully saturated rings. The van der Waals surface area contributed by atoms with Crippen LogP contribution in [0.15, 0.2) is 72.3 Å². The molecule has 2 N–H and O–H groups in total. The third-order valence-electron chi connectivity index (χ3n) is 9.65. The van der Waals surface area contributed by atoms with Gasteiger partial charge in [-0.25, -0.2) is 0 Å². The molecule has 4 aliphatic carbocycles. The number of rotatable bonds is 9. The van der Waals surface area contributed by atoms with Gasteiger partial charge in [0.05, 0.1) is 5.92 Å². The largest absolute Gasteiger partial charge is 0.508 e. The Morgan fingerprint density at radius 3 is 2.50 bits per heavy atom. The molecule has 6 rings (SSSR count). The molecule has 0 unspecified atom stereocenters. The third-order valence-corrected chi connectivity index (χ3v) is 9.65. The van der Waals surface area contributed by atoms with E-state index in [0.717, 1.165) is 37.2 Å². The number of phenolic OH excluding ortho intramolecular Hbond substituents is 1. The number of aromatic hydroxyl groups is 1. The Morgan fingerprint density at radius 2 is 1.74 bits per heavy atom. The molecule has 4 bridgehead atoms. The van der Waals surface area contributed by atoms with E-state index in [2.05, 4.69) is 54.6 Å². The molecule has 0 amide bonds. The molecule has 4 atom stereocenters. The third kappa shape index (κ3) is 6.42. The van der Waals surface area contributed by atoms with Gasteiger partial charge in [0.1, 0.15) is 5.75 Å². The number of hydrogen-bond donors (Lipinski definition) is 2. The molecule has 0 radical (unpaired) electrons. The number of carboxylic acids is 1. The zero-order valence-corrected chi connectivity index (χ0v) is 22.8. The molecular weight excluding hydrogens is 468 g/mol. The lowest BCUT2D eigenvalue weighted by molar-refractivity contribution is -0.141. The Hall–Kier alpha value is -2.81. The highest BCUT2D eigenvalue weighted by Crippen LogP contribution is 2.50. The number of aliphatic carboxylic acids is 1. The summed E-state index contributed by atoms with van der Waals surface area (Å²) in [6.45, 7) is 0. The number of benzene rings is 2. The Balaban J connectivity index is 1.39. The van der Waals surface area contributed by atoms with E-state index in [1.165, 1.54) is 68.1 Å². The van der Waals surface area contributed by atoms with Gasteiger partial charge < -0.3 is 10.2 Å². The zero-order chi connectivity index (χ0) is 26.4. The summed E-state index contributed by atoms with van der Waals surface area (Å²) in [5.41, 5.74) is 5.26. The van der Waals surface area contributed by atoms with E-state index in [-0.39, 0.29) is 11.3 Å². The van der Waals surface area contributed by atoms with Crippen LogP contribution in [0, 0.1) is 17.8 Å². The number of allylic oxidation sites excluding steroid dienone is 4. The molecule has 0 saturated heterocycles. The van der Waals surface area contributed by atoms with Crippen molar-refractivity contribution in [3.8, 4) is 5.75 Å². The predicted octanol–water partition coefficient (Wildman–Crippen LogP) is 8.55. The van der Waals surface area contributed by atoms with E-state index in [1.54, 1.807) is 0 Å². The first kappa shape index (κ1) is 26.8. The van der Waals surface area contributed by atoms with Crippen molar-refractivity contribution in [3.63, 3.8) is 0 Å². The van der Waals surface area contributed by atoms with Gasteiger partial charge in [-0.1, -0.05) is 85.9 Å². The normalized spacial score (nSPS) is 28.3.